The van der Waals surface area contributed by atoms with E-state index in [9.17, 15) is 27.6 Å². The van der Waals surface area contributed by atoms with E-state index in [1.165, 1.54) is 7.05 Å². The van der Waals surface area contributed by atoms with Gasteiger partial charge in [-0.05, 0) is 36.4 Å². The van der Waals surface area contributed by atoms with Gasteiger partial charge in [-0.3, -0.25) is 14.4 Å². The molecule has 1 amide bonds. The van der Waals surface area contributed by atoms with E-state index in [0.717, 1.165) is 36.1 Å². The molecular formula is C20H15F3N2O4. The van der Waals surface area contributed by atoms with E-state index in [1.807, 2.05) is 0 Å². The van der Waals surface area contributed by atoms with Gasteiger partial charge in [0.1, 0.15) is 5.56 Å². The molecule has 3 rings (SSSR count). The summed E-state index contributed by atoms with van der Waals surface area (Å²) in [5.41, 5.74) is -1.59. The van der Waals surface area contributed by atoms with Gasteiger partial charge in [-0.2, -0.15) is 13.2 Å². The maximum Gasteiger partial charge on any atom is 0.416 e. The van der Waals surface area contributed by atoms with Gasteiger partial charge in [0.15, 0.2) is 5.75 Å². The molecule has 0 saturated carbocycles. The van der Waals surface area contributed by atoms with Gasteiger partial charge < -0.3 is 14.6 Å². The number of aromatic nitrogens is 1. The van der Waals surface area contributed by atoms with Crippen molar-refractivity contribution in [1.29, 1.82) is 0 Å². The summed E-state index contributed by atoms with van der Waals surface area (Å²) in [7, 11) is 1.30. The Labute approximate surface area is 162 Å². The standard InChI is InChI=1S/C20H15F3N2O4/c1-11(26)29-17-14-5-3-4-6-15(14)24-18(27)16(17)19(28)25(2)13-9-7-12(8-10-13)20(21,22)23/h3-10H,1-2H3,(H,24,27). The number of hydrogen-bond donors (Lipinski definition) is 1. The number of rotatable bonds is 3. The number of aromatic amines is 1. The van der Waals surface area contributed by atoms with E-state index in [1.54, 1.807) is 24.3 Å². The van der Waals surface area contributed by atoms with Crippen molar-refractivity contribution in [3.05, 3.63) is 70.0 Å². The lowest BCUT2D eigenvalue weighted by Gasteiger charge is -2.19. The summed E-state index contributed by atoms with van der Waals surface area (Å²) in [4.78, 5) is 40.6. The van der Waals surface area contributed by atoms with Crippen LogP contribution in [0.15, 0.2) is 53.3 Å². The molecule has 0 unspecified atom stereocenters. The number of fused-ring (bicyclic) bond motifs is 1. The highest BCUT2D eigenvalue weighted by molar-refractivity contribution is 6.10. The monoisotopic (exact) mass is 404 g/mol. The number of hydrogen-bond acceptors (Lipinski definition) is 4. The van der Waals surface area contributed by atoms with Gasteiger partial charge in [0, 0.05) is 25.0 Å². The first-order valence-corrected chi connectivity index (χ1v) is 8.38. The fourth-order valence-electron chi connectivity index (χ4n) is 2.82. The molecule has 9 heteroatoms. The number of nitrogens with zero attached hydrogens (tertiary/aromatic N) is 1. The van der Waals surface area contributed by atoms with Crippen LogP contribution in [0.2, 0.25) is 0 Å². The smallest absolute Gasteiger partial charge is 0.416 e. The summed E-state index contributed by atoms with van der Waals surface area (Å²) in [5, 5.41) is 0.339. The van der Waals surface area contributed by atoms with Crippen LogP contribution in [-0.2, 0) is 11.0 Å². The number of nitrogens with one attached hydrogen (secondary N) is 1. The zero-order valence-electron chi connectivity index (χ0n) is 15.3. The van der Waals surface area contributed by atoms with Crippen molar-refractivity contribution in [2.75, 3.05) is 11.9 Å². The van der Waals surface area contributed by atoms with Crippen molar-refractivity contribution in [3.8, 4) is 5.75 Å². The molecule has 0 aliphatic rings. The maximum absolute atomic E-state index is 13.0. The Morgan fingerprint density at radius 1 is 1.03 bits per heavy atom. The Balaban J connectivity index is 2.09. The molecule has 6 nitrogen and oxygen atoms in total. The molecule has 0 spiro atoms. The molecule has 1 heterocycles. The van der Waals surface area contributed by atoms with Gasteiger partial charge in [0.05, 0.1) is 11.1 Å². The van der Waals surface area contributed by atoms with E-state index in [0.29, 0.717) is 10.9 Å². The Hall–Kier alpha value is -3.62. The second-order valence-corrected chi connectivity index (χ2v) is 6.21. The lowest BCUT2D eigenvalue weighted by atomic mass is 10.1. The molecular weight excluding hydrogens is 389 g/mol. The average Bonchev–Trinajstić information content (AvgIpc) is 2.66. The number of alkyl halides is 3. The van der Waals surface area contributed by atoms with Gasteiger partial charge in [0.2, 0.25) is 0 Å². The Morgan fingerprint density at radius 3 is 2.24 bits per heavy atom. The van der Waals surface area contributed by atoms with Crippen molar-refractivity contribution in [2.24, 2.45) is 0 Å². The Bertz CT molecular complexity index is 1150. The van der Waals surface area contributed by atoms with E-state index in [2.05, 4.69) is 4.98 Å². The number of esters is 1. The molecule has 1 aromatic heterocycles. The predicted octanol–water partition coefficient (Wildman–Crippen LogP) is 3.75. The average molecular weight is 404 g/mol. The largest absolute Gasteiger partial charge is 0.425 e. The van der Waals surface area contributed by atoms with Crippen LogP contribution in [-0.4, -0.2) is 23.9 Å². The fourth-order valence-corrected chi connectivity index (χ4v) is 2.82. The summed E-state index contributed by atoms with van der Waals surface area (Å²) >= 11 is 0. The highest BCUT2D eigenvalue weighted by Crippen LogP contribution is 2.31. The van der Waals surface area contributed by atoms with Crippen LogP contribution in [0.3, 0.4) is 0 Å². The molecule has 29 heavy (non-hydrogen) atoms. The highest BCUT2D eigenvalue weighted by Gasteiger charge is 2.31. The number of para-hydroxylation sites is 1. The molecule has 0 saturated heterocycles. The first-order chi connectivity index (χ1) is 13.6. The number of pyridine rings is 1. The Kier molecular flexibility index (Phi) is 5.15. The first kappa shape index (κ1) is 20.1. The topological polar surface area (TPSA) is 79.5 Å². The van der Waals surface area contributed by atoms with Crippen LogP contribution >= 0.6 is 0 Å². The second-order valence-electron chi connectivity index (χ2n) is 6.21. The third kappa shape index (κ3) is 3.98. The SMILES string of the molecule is CC(=O)Oc1c(C(=O)N(C)c2ccc(C(F)(F)F)cc2)c(=O)[nH]c2ccccc12. The normalized spacial score (nSPS) is 11.3. The predicted molar refractivity (Wildman–Crippen MR) is 100 cm³/mol. The van der Waals surface area contributed by atoms with Crippen LogP contribution < -0.4 is 15.2 Å². The van der Waals surface area contributed by atoms with Crippen LogP contribution in [0.25, 0.3) is 10.9 Å². The molecule has 0 bridgehead atoms. The lowest BCUT2D eigenvalue weighted by Crippen LogP contribution is -2.32. The van der Waals surface area contributed by atoms with Crippen molar-refractivity contribution in [2.45, 2.75) is 13.1 Å². The molecule has 150 valence electrons. The summed E-state index contributed by atoms with van der Waals surface area (Å²) in [6.07, 6.45) is -4.51. The van der Waals surface area contributed by atoms with Crippen molar-refractivity contribution >= 4 is 28.5 Å². The van der Waals surface area contributed by atoms with Crippen molar-refractivity contribution < 1.29 is 27.5 Å². The van der Waals surface area contributed by atoms with Gasteiger partial charge in [-0.1, -0.05) is 12.1 Å². The van der Waals surface area contributed by atoms with Crippen molar-refractivity contribution in [3.63, 3.8) is 0 Å². The number of H-pyrrole nitrogens is 1. The minimum atomic E-state index is -4.51. The number of benzene rings is 2. The summed E-state index contributed by atoms with van der Waals surface area (Å²) < 4.78 is 43.4. The first-order valence-electron chi connectivity index (χ1n) is 8.38. The second kappa shape index (κ2) is 7.42. The quantitative estimate of drug-likeness (QED) is 0.675. The summed E-state index contributed by atoms with van der Waals surface area (Å²) in [5.74, 6) is -1.78. The zero-order valence-corrected chi connectivity index (χ0v) is 15.3. The number of ether oxygens (including phenoxy) is 1. The number of halogens is 3. The molecule has 0 fully saturated rings. The van der Waals surface area contributed by atoms with Crippen molar-refractivity contribution in [1.82, 2.24) is 4.98 Å². The van der Waals surface area contributed by atoms with E-state index in [4.69, 9.17) is 4.74 Å². The number of amides is 1. The Morgan fingerprint density at radius 2 is 1.66 bits per heavy atom. The molecule has 1 N–H and O–H groups in total. The molecule has 0 aliphatic heterocycles. The van der Waals surface area contributed by atoms with Crippen LogP contribution in [0, 0.1) is 0 Å². The molecule has 0 aliphatic carbocycles. The number of carbonyl (C=O) groups excluding carboxylic acids is 2. The molecule has 0 radical (unpaired) electrons. The van der Waals surface area contributed by atoms with E-state index >= 15 is 0 Å². The minimum absolute atomic E-state index is 0.129. The van der Waals surface area contributed by atoms with Crippen LogP contribution in [0.1, 0.15) is 22.8 Å². The van der Waals surface area contributed by atoms with E-state index in [-0.39, 0.29) is 11.4 Å². The minimum Gasteiger partial charge on any atom is -0.425 e. The number of anilines is 1. The molecule has 2 aromatic carbocycles. The van der Waals surface area contributed by atoms with Gasteiger partial charge >= 0.3 is 12.1 Å². The molecule has 3 aromatic rings. The zero-order chi connectivity index (χ0) is 21.3. The number of carbonyl (C=O) groups is 2. The third-order valence-electron chi connectivity index (χ3n) is 4.22. The summed E-state index contributed by atoms with van der Waals surface area (Å²) in [6, 6.07) is 10.3. The van der Waals surface area contributed by atoms with Crippen LogP contribution in [0.5, 0.6) is 5.75 Å². The fraction of sp³-hybridized carbons (Fsp3) is 0.150. The highest BCUT2D eigenvalue weighted by atomic mass is 19.4. The van der Waals surface area contributed by atoms with Gasteiger partial charge in [-0.25, -0.2) is 0 Å². The lowest BCUT2D eigenvalue weighted by molar-refractivity contribution is -0.137. The van der Waals surface area contributed by atoms with Crippen LogP contribution in [0.4, 0.5) is 18.9 Å². The van der Waals surface area contributed by atoms with Gasteiger partial charge in [-0.15, -0.1) is 0 Å². The molecule has 0 atom stereocenters. The maximum atomic E-state index is 13.0. The van der Waals surface area contributed by atoms with Gasteiger partial charge in [0.25, 0.3) is 11.5 Å². The van der Waals surface area contributed by atoms with E-state index < -0.39 is 34.7 Å². The summed E-state index contributed by atoms with van der Waals surface area (Å²) in [6.45, 7) is 1.13. The third-order valence-corrected chi connectivity index (χ3v) is 4.22.